The number of H-pyrrole nitrogens is 1. The maximum Gasteiger partial charge on any atom is 0.259 e. The number of aromatic nitrogens is 2. The fourth-order valence-corrected chi connectivity index (χ4v) is 5.57. The Bertz CT molecular complexity index is 1660. The molecule has 0 saturated heterocycles. The van der Waals surface area contributed by atoms with E-state index in [0.29, 0.717) is 27.4 Å². The highest BCUT2D eigenvalue weighted by Crippen LogP contribution is 2.45. The van der Waals surface area contributed by atoms with Crippen LogP contribution in [0.3, 0.4) is 0 Å². The Morgan fingerprint density at radius 2 is 1.80 bits per heavy atom. The lowest BCUT2D eigenvalue weighted by Gasteiger charge is -2.16. The number of nitrogens with zero attached hydrogens (tertiary/aromatic N) is 1. The van der Waals surface area contributed by atoms with Crippen molar-refractivity contribution in [1.82, 2.24) is 14.9 Å². The summed E-state index contributed by atoms with van der Waals surface area (Å²) in [5.41, 5.74) is 5.25. The minimum absolute atomic E-state index is 0.00594. The van der Waals surface area contributed by atoms with Gasteiger partial charge in [-0.25, -0.2) is 4.39 Å². The van der Waals surface area contributed by atoms with Gasteiger partial charge >= 0.3 is 0 Å². The van der Waals surface area contributed by atoms with Gasteiger partial charge in [0.15, 0.2) is 0 Å². The lowest BCUT2D eigenvalue weighted by Crippen LogP contribution is -2.20. The van der Waals surface area contributed by atoms with Gasteiger partial charge in [0.2, 0.25) is 0 Å². The first kappa shape index (κ1) is 16.4. The normalized spacial score (nSPS) is 15.7. The Balaban J connectivity index is 1.87. The smallest absolute Gasteiger partial charge is 0.259 e. The lowest BCUT2D eigenvalue weighted by molar-refractivity contribution is 0.0880. The molecule has 2 amide bonds. The third-order valence-electron chi connectivity index (χ3n) is 6.50. The summed E-state index contributed by atoms with van der Waals surface area (Å²) in [5.74, 6) is -1.42. The average Bonchev–Trinajstić information content (AvgIpc) is 3.34. The van der Waals surface area contributed by atoms with E-state index in [2.05, 4.69) is 20.9 Å². The van der Waals surface area contributed by atoms with E-state index in [-0.39, 0.29) is 5.02 Å². The molecule has 0 atom stereocenters. The summed E-state index contributed by atoms with van der Waals surface area (Å²) in [5, 5.41) is 5.31. The molecule has 7 heteroatoms. The highest BCUT2D eigenvalue weighted by Gasteiger charge is 2.36. The summed E-state index contributed by atoms with van der Waals surface area (Å²) in [6.07, 6.45) is 1.96. The van der Waals surface area contributed by atoms with Crippen molar-refractivity contribution in [3.63, 3.8) is 0 Å². The highest BCUT2D eigenvalue weighted by molar-refractivity contribution is 6.40. The second-order valence-electron chi connectivity index (χ2n) is 8.01. The number of carbonyl (C=O) groups is 2. The van der Waals surface area contributed by atoms with Gasteiger partial charge in [-0.15, -0.1) is 0 Å². The number of hydrogen-bond acceptors (Lipinski definition) is 2. The zero-order valence-corrected chi connectivity index (χ0v) is 16.3. The van der Waals surface area contributed by atoms with Crippen LogP contribution in [0.15, 0.2) is 30.3 Å². The van der Waals surface area contributed by atoms with Gasteiger partial charge in [0.05, 0.1) is 32.7 Å². The second-order valence-corrected chi connectivity index (χ2v) is 8.42. The molecule has 2 N–H and O–H groups in total. The average molecular weight is 418 g/mol. The predicted octanol–water partition coefficient (Wildman–Crippen LogP) is 5.05. The number of fused-ring (bicyclic) bond motifs is 10. The fraction of sp³-hybridized carbons (Fsp3) is 0.130. The number of carbonyl (C=O) groups excluding carboxylic acids is 2. The molecular formula is C23H13ClFN3O2. The van der Waals surface area contributed by atoms with Crippen molar-refractivity contribution in [3.8, 4) is 0 Å². The molecule has 0 bridgehead atoms. The first-order chi connectivity index (χ1) is 14.5. The molecule has 0 unspecified atom stereocenters. The largest absolute Gasteiger partial charge is 0.353 e. The Morgan fingerprint density at radius 3 is 2.63 bits per heavy atom. The van der Waals surface area contributed by atoms with Gasteiger partial charge in [-0.1, -0.05) is 29.8 Å². The Morgan fingerprint density at radius 1 is 1.00 bits per heavy atom. The first-order valence-corrected chi connectivity index (χ1v) is 10.2. The van der Waals surface area contributed by atoms with Crippen LogP contribution < -0.4 is 5.32 Å². The molecular weight excluding hydrogens is 405 g/mol. The monoisotopic (exact) mass is 417 g/mol. The van der Waals surface area contributed by atoms with E-state index in [1.807, 2.05) is 12.1 Å². The lowest BCUT2D eigenvalue weighted by atomic mass is 9.96. The molecule has 0 fully saturated rings. The van der Waals surface area contributed by atoms with Crippen LogP contribution in [0.2, 0.25) is 5.02 Å². The quantitative estimate of drug-likeness (QED) is 0.346. The molecule has 3 aromatic carbocycles. The van der Waals surface area contributed by atoms with Crippen LogP contribution in [0.5, 0.6) is 0 Å². The summed E-state index contributed by atoms with van der Waals surface area (Å²) in [7, 11) is 0. The maximum atomic E-state index is 14.4. The van der Waals surface area contributed by atoms with E-state index in [1.54, 1.807) is 0 Å². The summed E-state index contributed by atoms with van der Waals surface area (Å²) in [4.78, 5) is 29.1. The zero-order chi connectivity index (χ0) is 20.3. The molecule has 7 rings (SSSR count). The van der Waals surface area contributed by atoms with Crippen molar-refractivity contribution in [2.24, 2.45) is 0 Å². The van der Waals surface area contributed by atoms with Crippen LogP contribution in [0.4, 0.5) is 4.39 Å². The number of amides is 2. The van der Waals surface area contributed by atoms with Gasteiger partial charge in [0.1, 0.15) is 5.82 Å². The standard InChI is InChI=1S/C23H13ClFN3O2/c24-12-8-14-11(7-13(12)25)15-17-18(23(30)27-22(17)29)16-10-5-1-3-9-4-2-6-28(20(9)10)21(16)19(15)26-14/h1,3,5,7-8,26H,2,4,6H2,(H,27,29,30). The summed E-state index contributed by atoms with van der Waals surface area (Å²) < 4.78 is 16.6. The number of halogens is 2. The third-order valence-corrected chi connectivity index (χ3v) is 6.79. The van der Waals surface area contributed by atoms with Gasteiger partial charge in [0.25, 0.3) is 11.8 Å². The summed E-state index contributed by atoms with van der Waals surface area (Å²) >= 11 is 6.02. The number of aryl methyl sites for hydroxylation is 2. The molecule has 2 aliphatic heterocycles. The first-order valence-electron chi connectivity index (χ1n) is 9.80. The molecule has 0 saturated carbocycles. The Hall–Kier alpha value is -3.38. The van der Waals surface area contributed by atoms with Crippen molar-refractivity contribution in [1.29, 1.82) is 0 Å². The number of nitrogens with one attached hydrogen (secondary N) is 2. The van der Waals surface area contributed by atoms with E-state index >= 15 is 0 Å². The third kappa shape index (κ3) is 1.75. The topological polar surface area (TPSA) is 66.9 Å². The van der Waals surface area contributed by atoms with E-state index in [1.165, 1.54) is 17.7 Å². The van der Waals surface area contributed by atoms with Gasteiger partial charge in [0, 0.05) is 33.6 Å². The molecule has 4 heterocycles. The molecule has 2 aromatic heterocycles. The minimum Gasteiger partial charge on any atom is -0.353 e. The van der Waals surface area contributed by atoms with Crippen LogP contribution in [-0.2, 0) is 13.0 Å². The van der Waals surface area contributed by atoms with Gasteiger partial charge in [-0.3, -0.25) is 14.9 Å². The van der Waals surface area contributed by atoms with Crippen LogP contribution in [0.25, 0.3) is 43.6 Å². The van der Waals surface area contributed by atoms with E-state index < -0.39 is 17.6 Å². The van der Waals surface area contributed by atoms with Gasteiger partial charge in [-0.05, 0) is 30.5 Å². The van der Waals surface area contributed by atoms with Gasteiger partial charge in [-0.2, -0.15) is 0 Å². The van der Waals surface area contributed by atoms with Crippen molar-refractivity contribution >= 4 is 67.0 Å². The number of hydrogen-bond donors (Lipinski definition) is 2. The number of imide groups is 1. The zero-order valence-electron chi connectivity index (χ0n) is 15.5. The van der Waals surface area contributed by atoms with Gasteiger partial charge < -0.3 is 9.55 Å². The van der Waals surface area contributed by atoms with Crippen molar-refractivity contribution < 1.29 is 14.0 Å². The molecule has 0 radical (unpaired) electrons. The van der Waals surface area contributed by atoms with Crippen LogP contribution in [0.1, 0.15) is 32.7 Å². The summed E-state index contributed by atoms with van der Waals surface area (Å²) in [6, 6.07) is 8.98. The SMILES string of the molecule is O=C1NC(=O)c2c1c1c3cc(F)c(Cl)cc3[nH]c1c1c2c2cccc3c2n1CCC3. The molecule has 0 aliphatic carbocycles. The van der Waals surface area contributed by atoms with E-state index in [0.717, 1.165) is 46.7 Å². The Labute approximate surface area is 173 Å². The molecule has 2 aliphatic rings. The summed E-state index contributed by atoms with van der Waals surface area (Å²) in [6.45, 7) is 0.810. The van der Waals surface area contributed by atoms with Crippen molar-refractivity contribution in [2.75, 3.05) is 0 Å². The number of aromatic amines is 1. The van der Waals surface area contributed by atoms with Crippen molar-refractivity contribution in [3.05, 3.63) is 57.9 Å². The Kier molecular flexibility index (Phi) is 2.85. The molecule has 30 heavy (non-hydrogen) atoms. The van der Waals surface area contributed by atoms with Crippen LogP contribution in [0, 0.1) is 5.82 Å². The van der Waals surface area contributed by atoms with Crippen molar-refractivity contribution in [2.45, 2.75) is 19.4 Å². The fourth-order valence-electron chi connectivity index (χ4n) is 5.41. The predicted molar refractivity (Wildman–Crippen MR) is 114 cm³/mol. The van der Waals surface area contributed by atoms with E-state index in [4.69, 9.17) is 11.6 Å². The molecule has 146 valence electrons. The molecule has 5 aromatic rings. The van der Waals surface area contributed by atoms with Crippen LogP contribution >= 0.6 is 11.6 Å². The van der Waals surface area contributed by atoms with Crippen LogP contribution in [-0.4, -0.2) is 21.4 Å². The number of rotatable bonds is 0. The molecule has 0 spiro atoms. The van der Waals surface area contributed by atoms with E-state index in [9.17, 15) is 14.0 Å². The minimum atomic E-state index is -0.562. The number of para-hydroxylation sites is 1. The molecule has 5 nitrogen and oxygen atoms in total. The number of benzene rings is 3. The highest BCUT2D eigenvalue weighted by atomic mass is 35.5. The second kappa shape index (κ2) is 5.21. The maximum absolute atomic E-state index is 14.4.